The lowest BCUT2D eigenvalue weighted by Crippen LogP contribution is -2.25. The molecule has 1 heterocycles. The fraction of sp³-hybridized carbons (Fsp3) is 0.129. The van der Waals surface area contributed by atoms with Crippen molar-refractivity contribution in [1.29, 1.82) is 0 Å². The summed E-state index contributed by atoms with van der Waals surface area (Å²) in [7, 11) is -4.01. The lowest BCUT2D eigenvalue weighted by atomic mass is 10.0. The van der Waals surface area contributed by atoms with Crippen LogP contribution in [0.1, 0.15) is 40.1 Å². The molecule has 1 amide bonds. The van der Waals surface area contributed by atoms with Crippen LogP contribution in [0, 0.1) is 0 Å². The largest absolute Gasteiger partial charge is 0.452 e. The molecule has 9 heteroatoms. The van der Waals surface area contributed by atoms with Crippen LogP contribution in [0.2, 0.25) is 0 Å². The summed E-state index contributed by atoms with van der Waals surface area (Å²) in [4.78, 5) is 39.7. The Bertz CT molecular complexity index is 1710. The molecular weight excluding hydrogens is 528 g/mol. The van der Waals surface area contributed by atoms with Crippen LogP contribution >= 0.6 is 0 Å². The number of anilines is 3. The monoisotopic (exact) mass is 554 g/mol. The van der Waals surface area contributed by atoms with E-state index in [4.69, 9.17) is 4.74 Å². The number of esters is 1. The molecule has 8 nitrogen and oxygen atoms in total. The lowest BCUT2D eigenvalue weighted by molar-refractivity contribution is -0.119. The molecule has 0 unspecified atom stereocenters. The molecule has 4 aromatic rings. The Hall–Kier alpha value is -4.76. The highest BCUT2D eigenvalue weighted by molar-refractivity contribution is 7.91. The number of para-hydroxylation sites is 1. The van der Waals surface area contributed by atoms with Crippen molar-refractivity contribution in [3.8, 4) is 0 Å². The smallest absolute Gasteiger partial charge is 0.338 e. The van der Waals surface area contributed by atoms with Crippen molar-refractivity contribution in [2.45, 2.75) is 29.7 Å². The number of rotatable bonds is 7. The van der Waals surface area contributed by atoms with Gasteiger partial charge in [-0.25, -0.2) is 13.2 Å². The van der Waals surface area contributed by atoms with E-state index in [0.29, 0.717) is 5.69 Å². The summed E-state index contributed by atoms with van der Waals surface area (Å²) in [6, 6.07) is 27.1. The van der Waals surface area contributed by atoms with Crippen LogP contribution in [0.25, 0.3) is 0 Å². The second-order valence-corrected chi connectivity index (χ2v) is 11.4. The second kappa shape index (κ2) is 10.8. The van der Waals surface area contributed by atoms with Gasteiger partial charge in [-0.1, -0.05) is 30.3 Å². The number of hydrogen-bond acceptors (Lipinski definition) is 7. The number of amides is 1. The summed E-state index contributed by atoms with van der Waals surface area (Å²) < 4.78 is 31.3. The van der Waals surface area contributed by atoms with Crippen molar-refractivity contribution < 1.29 is 27.5 Å². The van der Waals surface area contributed by atoms with Crippen LogP contribution in [0.3, 0.4) is 0 Å². The van der Waals surface area contributed by atoms with Gasteiger partial charge < -0.3 is 15.0 Å². The summed E-state index contributed by atoms with van der Waals surface area (Å²) in [6.07, 6.45) is 0. The van der Waals surface area contributed by atoms with E-state index in [1.165, 1.54) is 30.3 Å². The van der Waals surface area contributed by atoms with Gasteiger partial charge in [0.1, 0.15) is 0 Å². The fourth-order valence-electron chi connectivity index (χ4n) is 4.66. The van der Waals surface area contributed by atoms with E-state index in [9.17, 15) is 22.8 Å². The van der Waals surface area contributed by atoms with E-state index < -0.39 is 34.1 Å². The van der Waals surface area contributed by atoms with E-state index in [0.717, 1.165) is 17.4 Å². The van der Waals surface area contributed by atoms with E-state index in [1.807, 2.05) is 42.5 Å². The summed E-state index contributed by atoms with van der Waals surface area (Å²) in [5.74, 6) is -1.88. The van der Waals surface area contributed by atoms with Crippen LogP contribution < -0.4 is 10.2 Å². The molecule has 0 radical (unpaired) electrons. The van der Waals surface area contributed by atoms with Gasteiger partial charge in [0.05, 0.1) is 15.4 Å². The summed E-state index contributed by atoms with van der Waals surface area (Å²) >= 11 is 0. The number of nitrogens with zero attached hydrogens (tertiary/aromatic N) is 1. The maximum atomic E-state index is 13.1. The topological polar surface area (TPSA) is 110 Å². The number of nitrogens with one attached hydrogen (secondary N) is 1. The van der Waals surface area contributed by atoms with E-state index in [-0.39, 0.29) is 32.5 Å². The summed E-state index contributed by atoms with van der Waals surface area (Å²) in [5.41, 5.74) is 2.52. The maximum Gasteiger partial charge on any atom is 0.338 e. The summed E-state index contributed by atoms with van der Waals surface area (Å²) in [6.45, 7) is 3.60. The predicted octanol–water partition coefficient (Wildman–Crippen LogP) is 5.41. The number of carbonyl (C=O) groups excluding carboxylic acids is 3. The first-order valence-electron chi connectivity index (χ1n) is 12.6. The minimum absolute atomic E-state index is 0.0141. The molecule has 0 bridgehead atoms. The number of hydrogen-bond donors (Lipinski definition) is 1. The van der Waals surface area contributed by atoms with Crippen molar-refractivity contribution in [2.24, 2.45) is 0 Å². The molecule has 40 heavy (non-hydrogen) atoms. The number of sulfone groups is 1. The number of ketones is 1. The van der Waals surface area contributed by atoms with Gasteiger partial charge in [0.2, 0.25) is 9.84 Å². The number of carbonyl (C=O) groups is 3. The highest BCUT2D eigenvalue weighted by atomic mass is 32.2. The molecule has 1 N–H and O–H groups in total. The van der Waals surface area contributed by atoms with E-state index >= 15 is 0 Å². The van der Waals surface area contributed by atoms with Crippen LogP contribution in [0.15, 0.2) is 107 Å². The molecule has 5 rings (SSSR count). The zero-order valence-electron chi connectivity index (χ0n) is 21.8. The normalized spacial score (nSPS) is 13.2. The van der Waals surface area contributed by atoms with Crippen molar-refractivity contribution in [1.82, 2.24) is 0 Å². The van der Waals surface area contributed by atoms with Crippen LogP contribution in [-0.4, -0.2) is 38.7 Å². The molecular formula is C31H26N2O6S. The Morgan fingerprint density at radius 2 is 1.43 bits per heavy atom. The first-order chi connectivity index (χ1) is 19.2. The first kappa shape index (κ1) is 26.8. The molecule has 0 atom stereocenters. The van der Waals surface area contributed by atoms with Gasteiger partial charge in [0.25, 0.3) is 5.91 Å². The Morgan fingerprint density at radius 1 is 0.800 bits per heavy atom. The molecule has 1 aliphatic rings. The maximum absolute atomic E-state index is 13.1. The van der Waals surface area contributed by atoms with Crippen LogP contribution in [0.5, 0.6) is 0 Å². The molecule has 202 valence electrons. The van der Waals surface area contributed by atoms with Gasteiger partial charge in [-0.05, 0) is 80.6 Å². The van der Waals surface area contributed by atoms with Gasteiger partial charge in [-0.2, -0.15) is 0 Å². The lowest BCUT2D eigenvalue weighted by Gasteiger charge is -2.29. The zero-order valence-corrected chi connectivity index (χ0v) is 22.6. The SMILES string of the molecule is CC(C)N(c1ccccc1)c1ccc(NC(=O)COC(=O)c2ccc3c(c2)S(=O)(=O)c2ccccc2C3=O)cc1. The van der Waals surface area contributed by atoms with Gasteiger partial charge in [0, 0.05) is 34.2 Å². The van der Waals surface area contributed by atoms with Crippen LogP contribution in [0.4, 0.5) is 17.1 Å². The Labute approximate surface area is 232 Å². The third kappa shape index (κ3) is 5.11. The Balaban J connectivity index is 1.24. The Kier molecular flexibility index (Phi) is 7.23. The third-order valence-electron chi connectivity index (χ3n) is 6.49. The van der Waals surface area contributed by atoms with Gasteiger partial charge in [-0.3, -0.25) is 9.59 Å². The van der Waals surface area contributed by atoms with Gasteiger partial charge in [-0.15, -0.1) is 0 Å². The van der Waals surface area contributed by atoms with E-state index in [2.05, 4.69) is 24.1 Å². The molecule has 0 fully saturated rings. The first-order valence-corrected chi connectivity index (χ1v) is 14.1. The average molecular weight is 555 g/mol. The third-order valence-corrected chi connectivity index (χ3v) is 8.34. The molecule has 0 spiro atoms. The molecule has 0 saturated heterocycles. The predicted molar refractivity (Wildman–Crippen MR) is 151 cm³/mol. The Morgan fingerprint density at radius 3 is 2.12 bits per heavy atom. The minimum Gasteiger partial charge on any atom is -0.452 e. The average Bonchev–Trinajstić information content (AvgIpc) is 2.96. The van der Waals surface area contributed by atoms with Gasteiger partial charge in [0.15, 0.2) is 12.4 Å². The van der Waals surface area contributed by atoms with Gasteiger partial charge >= 0.3 is 5.97 Å². The highest BCUT2D eigenvalue weighted by Gasteiger charge is 2.35. The molecule has 0 aliphatic carbocycles. The molecule has 1 aliphatic heterocycles. The van der Waals surface area contributed by atoms with E-state index in [1.54, 1.807) is 18.2 Å². The number of benzene rings is 4. The number of ether oxygens (including phenoxy) is 1. The molecule has 0 saturated carbocycles. The number of fused-ring (bicyclic) bond motifs is 2. The van der Waals surface area contributed by atoms with Crippen molar-refractivity contribution in [2.75, 3.05) is 16.8 Å². The molecule has 4 aromatic carbocycles. The second-order valence-electron chi connectivity index (χ2n) is 9.51. The quantitative estimate of drug-likeness (QED) is 0.268. The fourth-order valence-corrected chi connectivity index (χ4v) is 6.34. The summed E-state index contributed by atoms with van der Waals surface area (Å²) in [5, 5.41) is 2.69. The zero-order chi connectivity index (χ0) is 28.4. The van der Waals surface area contributed by atoms with Crippen molar-refractivity contribution in [3.05, 3.63) is 114 Å². The standard InChI is InChI=1S/C31H26N2O6S/c1-20(2)33(23-8-4-3-5-9-23)24-15-13-22(14-16-24)32-29(34)19-39-31(36)21-12-17-26-28(18-21)40(37,38)27-11-7-6-10-25(27)30(26)35/h3-18,20H,19H2,1-2H3,(H,32,34). The molecule has 0 aromatic heterocycles. The van der Waals surface area contributed by atoms with Crippen LogP contribution in [-0.2, 0) is 19.4 Å². The highest BCUT2D eigenvalue weighted by Crippen LogP contribution is 2.35. The minimum atomic E-state index is -4.01. The van der Waals surface area contributed by atoms with Crippen molar-refractivity contribution in [3.63, 3.8) is 0 Å². The van der Waals surface area contributed by atoms with Crippen molar-refractivity contribution >= 4 is 44.6 Å².